The van der Waals surface area contributed by atoms with Gasteiger partial charge < -0.3 is 4.90 Å². The Morgan fingerprint density at radius 2 is 1.79 bits per heavy atom. The number of carbonyl (C=O) groups excluding carboxylic acids is 1. The highest BCUT2D eigenvalue weighted by Gasteiger charge is 2.21. The fourth-order valence-corrected chi connectivity index (χ4v) is 2.35. The molecular formula is C16H28N2O. The van der Waals surface area contributed by atoms with Gasteiger partial charge >= 0.3 is 0 Å². The van der Waals surface area contributed by atoms with E-state index in [0.717, 1.165) is 32.7 Å². The van der Waals surface area contributed by atoms with Crippen LogP contribution < -0.4 is 0 Å². The molecule has 0 saturated carbocycles. The van der Waals surface area contributed by atoms with Crippen LogP contribution in [0.25, 0.3) is 0 Å². The molecule has 0 aromatic heterocycles. The molecule has 0 atom stereocenters. The molecule has 3 heteroatoms. The fraction of sp³-hybridized carbons (Fsp3) is 0.688. The van der Waals surface area contributed by atoms with Crippen molar-refractivity contribution >= 4 is 5.91 Å². The van der Waals surface area contributed by atoms with Crippen LogP contribution in [-0.2, 0) is 4.79 Å². The molecule has 108 valence electrons. The molecule has 0 aliphatic carbocycles. The molecular weight excluding hydrogens is 236 g/mol. The highest BCUT2D eigenvalue weighted by Crippen LogP contribution is 2.10. The summed E-state index contributed by atoms with van der Waals surface area (Å²) in [5.74, 6) is 0.768. The lowest BCUT2D eigenvalue weighted by atomic mass is 10.1. The van der Waals surface area contributed by atoms with Gasteiger partial charge in [0.1, 0.15) is 0 Å². The van der Waals surface area contributed by atoms with Crippen molar-refractivity contribution in [1.82, 2.24) is 9.80 Å². The summed E-state index contributed by atoms with van der Waals surface area (Å²) in [6.07, 6.45) is 7.09. The molecule has 0 spiro atoms. The van der Waals surface area contributed by atoms with E-state index in [1.165, 1.54) is 5.57 Å². The van der Waals surface area contributed by atoms with Crippen molar-refractivity contribution in [3.05, 3.63) is 23.8 Å². The van der Waals surface area contributed by atoms with Gasteiger partial charge in [0.05, 0.1) is 0 Å². The summed E-state index contributed by atoms with van der Waals surface area (Å²) in [6.45, 7) is 13.0. The van der Waals surface area contributed by atoms with Gasteiger partial charge in [-0.2, -0.15) is 0 Å². The van der Waals surface area contributed by atoms with Crippen molar-refractivity contribution in [3.8, 4) is 0 Å². The summed E-state index contributed by atoms with van der Waals surface area (Å²) in [5.41, 5.74) is 1.35. The smallest absolute Gasteiger partial charge is 0.222 e. The second-order valence-electron chi connectivity index (χ2n) is 5.62. The Kier molecular flexibility index (Phi) is 6.85. The topological polar surface area (TPSA) is 23.6 Å². The van der Waals surface area contributed by atoms with Gasteiger partial charge in [-0.05, 0) is 25.3 Å². The van der Waals surface area contributed by atoms with Crippen molar-refractivity contribution in [2.24, 2.45) is 5.92 Å². The van der Waals surface area contributed by atoms with E-state index < -0.39 is 0 Å². The summed E-state index contributed by atoms with van der Waals surface area (Å²) < 4.78 is 0. The average molecular weight is 264 g/mol. The fourth-order valence-electron chi connectivity index (χ4n) is 2.35. The Balaban J connectivity index is 2.38. The Hall–Kier alpha value is -1.09. The van der Waals surface area contributed by atoms with Crippen LogP contribution in [0.2, 0.25) is 0 Å². The number of allylic oxidation sites excluding steroid dienone is 2. The molecule has 1 fully saturated rings. The molecule has 1 heterocycles. The number of hydrogen-bond acceptors (Lipinski definition) is 2. The van der Waals surface area contributed by atoms with Gasteiger partial charge in [0.2, 0.25) is 5.91 Å². The van der Waals surface area contributed by atoms with E-state index in [9.17, 15) is 4.79 Å². The minimum absolute atomic E-state index is 0.314. The molecule has 0 unspecified atom stereocenters. The van der Waals surface area contributed by atoms with Crippen molar-refractivity contribution < 1.29 is 4.79 Å². The number of carbonyl (C=O) groups is 1. The van der Waals surface area contributed by atoms with Crippen LogP contribution >= 0.6 is 0 Å². The molecule has 3 nitrogen and oxygen atoms in total. The second kappa shape index (κ2) is 8.16. The summed E-state index contributed by atoms with van der Waals surface area (Å²) in [4.78, 5) is 16.4. The van der Waals surface area contributed by atoms with Gasteiger partial charge in [-0.25, -0.2) is 0 Å². The molecule has 1 aliphatic heterocycles. The SMILES string of the molecule is CC=CC(=CC)CN1CCN(C(=O)CC(C)C)CC1. The minimum atomic E-state index is 0.314. The van der Waals surface area contributed by atoms with E-state index in [4.69, 9.17) is 0 Å². The Morgan fingerprint density at radius 3 is 2.26 bits per heavy atom. The molecule has 0 N–H and O–H groups in total. The predicted molar refractivity (Wildman–Crippen MR) is 81.0 cm³/mol. The average Bonchev–Trinajstić information content (AvgIpc) is 2.38. The van der Waals surface area contributed by atoms with Crippen molar-refractivity contribution in [2.75, 3.05) is 32.7 Å². The van der Waals surface area contributed by atoms with Crippen LogP contribution in [-0.4, -0.2) is 48.4 Å². The van der Waals surface area contributed by atoms with E-state index in [-0.39, 0.29) is 0 Å². The highest BCUT2D eigenvalue weighted by atomic mass is 16.2. The van der Waals surface area contributed by atoms with Crippen LogP contribution in [0.1, 0.15) is 34.1 Å². The Bertz CT molecular complexity index is 337. The zero-order valence-corrected chi connectivity index (χ0v) is 12.9. The monoisotopic (exact) mass is 264 g/mol. The van der Waals surface area contributed by atoms with Crippen molar-refractivity contribution in [1.29, 1.82) is 0 Å². The number of rotatable bonds is 5. The summed E-state index contributed by atoms with van der Waals surface area (Å²) in [6, 6.07) is 0. The van der Waals surface area contributed by atoms with E-state index in [1.807, 2.05) is 11.8 Å². The maximum absolute atomic E-state index is 12.0. The van der Waals surface area contributed by atoms with Gasteiger partial charge in [0.25, 0.3) is 0 Å². The van der Waals surface area contributed by atoms with E-state index in [2.05, 4.69) is 43.9 Å². The lowest BCUT2D eigenvalue weighted by Crippen LogP contribution is -2.49. The zero-order valence-electron chi connectivity index (χ0n) is 12.9. The van der Waals surface area contributed by atoms with Crippen LogP contribution in [0.3, 0.4) is 0 Å². The molecule has 1 saturated heterocycles. The van der Waals surface area contributed by atoms with E-state index in [1.54, 1.807) is 0 Å². The largest absolute Gasteiger partial charge is 0.340 e. The van der Waals surface area contributed by atoms with Crippen LogP contribution in [0, 0.1) is 5.92 Å². The number of hydrogen-bond donors (Lipinski definition) is 0. The summed E-state index contributed by atoms with van der Waals surface area (Å²) in [5, 5.41) is 0. The first kappa shape index (κ1) is 16.0. The molecule has 0 bridgehead atoms. The van der Waals surface area contributed by atoms with Gasteiger partial charge in [-0.3, -0.25) is 9.69 Å². The minimum Gasteiger partial charge on any atom is -0.340 e. The van der Waals surface area contributed by atoms with Gasteiger partial charge in [0, 0.05) is 39.1 Å². The van der Waals surface area contributed by atoms with E-state index >= 15 is 0 Å². The maximum atomic E-state index is 12.0. The third-order valence-electron chi connectivity index (χ3n) is 3.47. The lowest BCUT2D eigenvalue weighted by molar-refractivity contribution is -0.133. The first-order valence-corrected chi connectivity index (χ1v) is 7.34. The molecule has 0 radical (unpaired) electrons. The van der Waals surface area contributed by atoms with Crippen molar-refractivity contribution in [2.45, 2.75) is 34.1 Å². The molecule has 1 aliphatic rings. The predicted octanol–water partition coefficient (Wildman–Crippen LogP) is 2.70. The molecule has 1 amide bonds. The number of piperazine rings is 1. The molecule has 0 aromatic carbocycles. The standard InChI is InChI=1S/C16H28N2O/c1-5-7-15(6-2)13-17-8-10-18(11-9-17)16(19)12-14(3)4/h5-7,14H,8-13H2,1-4H3. The quantitative estimate of drug-likeness (QED) is 0.713. The Morgan fingerprint density at radius 1 is 1.16 bits per heavy atom. The molecule has 1 rings (SSSR count). The first-order chi connectivity index (χ1) is 9.06. The number of nitrogens with zero attached hydrogens (tertiary/aromatic N) is 2. The Labute approximate surface area is 118 Å². The zero-order chi connectivity index (χ0) is 14.3. The van der Waals surface area contributed by atoms with Gasteiger partial charge in [-0.15, -0.1) is 0 Å². The maximum Gasteiger partial charge on any atom is 0.222 e. The van der Waals surface area contributed by atoms with Gasteiger partial charge in [-0.1, -0.05) is 32.1 Å². The lowest BCUT2D eigenvalue weighted by Gasteiger charge is -2.35. The third-order valence-corrected chi connectivity index (χ3v) is 3.47. The molecule has 0 aromatic rings. The summed E-state index contributed by atoms with van der Waals surface area (Å²) in [7, 11) is 0. The third kappa shape index (κ3) is 5.60. The second-order valence-corrected chi connectivity index (χ2v) is 5.62. The normalized spacial score (nSPS) is 18.6. The first-order valence-electron chi connectivity index (χ1n) is 7.34. The van der Waals surface area contributed by atoms with Gasteiger partial charge in [0.15, 0.2) is 0 Å². The molecule has 19 heavy (non-hydrogen) atoms. The van der Waals surface area contributed by atoms with Crippen molar-refractivity contribution in [3.63, 3.8) is 0 Å². The highest BCUT2D eigenvalue weighted by molar-refractivity contribution is 5.76. The number of amides is 1. The summed E-state index contributed by atoms with van der Waals surface area (Å²) >= 11 is 0. The van der Waals surface area contributed by atoms with E-state index in [0.29, 0.717) is 18.2 Å². The van der Waals surface area contributed by atoms with Crippen LogP contribution in [0.15, 0.2) is 23.8 Å². The van der Waals surface area contributed by atoms with Crippen LogP contribution in [0.5, 0.6) is 0 Å². The van der Waals surface area contributed by atoms with Crippen LogP contribution in [0.4, 0.5) is 0 Å².